The van der Waals surface area contributed by atoms with Crippen molar-refractivity contribution < 1.29 is 4.79 Å². The lowest BCUT2D eigenvalue weighted by molar-refractivity contribution is 0.222. The van der Waals surface area contributed by atoms with Crippen molar-refractivity contribution in [1.29, 1.82) is 0 Å². The maximum absolute atomic E-state index is 12.4. The third-order valence-corrected chi connectivity index (χ3v) is 5.68. The topological polar surface area (TPSA) is 82.2 Å². The maximum Gasteiger partial charge on any atom is 0.321 e. The number of carbonyl (C=O) groups excluding carboxylic acids is 1. The molecule has 0 aliphatic carbocycles. The number of nitrogens with one attached hydrogen (secondary N) is 3. The molecule has 3 N–H and O–H groups in total. The van der Waals surface area contributed by atoms with E-state index in [-0.39, 0.29) is 6.03 Å². The minimum atomic E-state index is -0.0507. The van der Waals surface area contributed by atoms with Crippen molar-refractivity contribution in [2.24, 2.45) is 0 Å². The van der Waals surface area contributed by atoms with Crippen LogP contribution in [0.1, 0.15) is 31.2 Å². The first-order chi connectivity index (χ1) is 15.6. The number of nitrogens with zero attached hydrogens (tertiary/aromatic N) is 3. The van der Waals surface area contributed by atoms with Crippen molar-refractivity contribution in [3.63, 3.8) is 0 Å². The zero-order valence-electron chi connectivity index (χ0n) is 18.6. The van der Waals surface area contributed by atoms with E-state index in [1.54, 1.807) is 0 Å². The molecular formula is C24H29BN6O. The van der Waals surface area contributed by atoms with Gasteiger partial charge in [-0.1, -0.05) is 43.3 Å². The number of hydrogen-bond donors (Lipinski definition) is 3. The van der Waals surface area contributed by atoms with Gasteiger partial charge in [-0.3, -0.25) is 0 Å². The van der Waals surface area contributed by atoms with Crippen molar-refractivity contribution in [2.45, 2.75) is 25.7 Å². The zero-order valence-corrected chi connectivity index (χ0v) is 18.6. The molecule has 2 amide bonds. The van der Waals surface area contributed by atoms with Crippen LogP contribution >= 0.6 is 0 Å². The molecule has 0 saturated carbocycles. The zero-order chi connectivity index (χ0) is 22.3. The molecule has 4 rings (SSSR count). The fourth-order valence-electron chi connectivity index (χ4n) is 3.76. The van der Waals surface area contributed by atoms with Crippen LogP contribution in [0.3, 0.4) is 0 Å². The largest absolute Gasteiger partial charge is 0.370 e. The highest BCUT2D eigenvalue weighted by molar-refractivity contribution is 6.35. The Balaban J connectivity index is 1.39. The molecule has 1 aromatic heterocycles. The van der Waals surface area contributed by atoms with Crippen molar-refractivity contribution >= 4 is 42.5 Å². The monoisotopic (exact) mass is 428 g/mol. The molecule has 1 aliphatic heterocycles. The fourth-order valence-corrected chi connectivity index (χ4v) is 3.76. The first-order valence-corrected chi connectivity index (χ1v) is 11.1. The summed E-state index contributed by atoms with van der Waals surface area (Å²) in [5.74, 6) is 1.68. The summed E-state index contributed by atoms with van der Waals surface area (Å²) in [5, 5.41) is 9.67. The number of urea groups is 1. The fraction of sp³-hybridized carbons (Fsp3) is 0.292. The Kier molecular flexibility index (Phi) is 6.89. The van der Waals surface area contributed by atoms with E-state index < -0.39 is 0 Å². The van der Waals surface area contributed by atoms with Crippen molar-refractivity contribution in [2.75, 3.05) is 35.6 Å². The van der Waals surface area contributed by atoms with E-state index in [0.29, 0.717) is 11.9 Å². The maximum atomic E-state index is 12.4. The minimum Gasteiger partial charge on any atom is -0.370 e. The van der Waals surface area contributed by atoms with Crippen LogP contribution < -0.4 is 21.4 Å². The second kappa shape index (κ2) is 10.2. The molecule has 7 nitrogen and oxygen atoms in total. The summed E-state index contributed by atoms with van der Waals surface area (Å²) >= 11 is 0. The standard InChI is InChI=1S/C24H29BN6O/c1-17(18-8-3-2-4-9-18)15-26-22-21(25)16-27-23(30-22)28-19-10-7-11-20(14-19)29-24(32)31-12-5-6-13-31/h2-4,7-11,14,16-17H,5-6,12-13,15,25H2,1H3,(H,29,32)(H2,26,27,28,30). The number of anilines is 4. The molecule has 0 spiro atoms. The summed E-state index contributed by atoms with van der Waals surface area (Å²) in [7, 11) is 1.99. The van der Waals surface area contributed by atoms with Crippen LogP contribution in [0.4, 0.5) is 27.9 Å². The van der Waals surface area contributed by atoms with Crippen LogP contribution in [0.5, 0.6) is 0 Å². The second-order valence-electron chi connectivity index (χ2n) is 8.25. The summed E-state index contributed by atoms with van der Waals surface area (Å²) in [4.78, 5) is 23.3. The van der Waals surface area contributed by atoms with E-state index in [1.165, 1.54) is 5.56 Å². The molecule has 2 aromatic carbocycles. The van der Waals surface area contributed by atoms with Gasteiger partial charge in [0, 0.05) is 37.2 Å². The van der Waals surface area contributed by atoms with Gasteiger partial charge in [0.25, 0.3) is 0 Å². The number of rotatable bonds is 7. The van der Waals surface area contributed by atoms with Crippen molar-refractivity contribution in [1.82, 2.24) is 14.9 Å². The van der Waals surface area contributed by atoms with E-state index in [4.69, 9.17) is 0 Å². The highest BCUT2D eigenvalue weighted by Crippen LogP contribution is 2.20. The molecule has 2 heterocycles. The van der Waals surface area contributed by atoms with Gasteiger partial charge in [-0.25, -0.2) is 9.78 Å². The highest BCUT2D eigenvalue weighted by atomic mass is 16.2. The quantitative estimate of drug-likeness (QED) is 0.503. The van der Waals surface area contributed by atoms with E-state index in [9.17, 15) is 4.79 Å². The Hall–Kier alpha value is -3.55. The average Bonchev–Trinajstić information content (AvgIpc) is 3.35. The number of benzene rings is 2. The van der Waals surface area contributed by atoms with E-state index in [0.717, 1.165) is 55.1 Å². The van der Waals surface area contributed by atoms with Crippen LogP contribution in [-0.4, -0.2) is 48.4 Å². The molecule has 1 unspecified atom stereocenters. The number of hydrogen-bond acceptors (Lipinski definition) is 5. The summed E-state index contributed by atoms with van der Waals surface area (Å²) in [6, 6.07) is 18.0. The van der Waals surface area contributed by atoms with Crippen LogP contribution in [0.25, 0.3) is 0 Å². The molecule has 0 radical (unpaired) electrons. The van der Waals surface area contributed by atoms with Gasteiger partial charge >= 0.3 is 6.03 Å². The van der Waals surface area contributed by atoms with Crippen LogP contribution in [0, 0.1) is 0 Å². The predicted molar refractivity (Wildman–Crippen MR) is 133 cm³/mol. The molecule has 32 heavy (non-hydrogen) atoms. The van der Waals surface area contributed by atoms with Crippen molar-refractivity contribution in [3.05, 3.63) is 66.4 Å². The Morgan fingerprint density at radius 1 is 1.09 bits per heavy atom. The first-order valence-electron chi connectivity index (χ1n) is 11.1. The summed E-state index contributed by atoms with van der Waals surface area (Å²) < 4.78 is 0. The number of aromatic nitrogens is 2. The lowest BCUT2D eigenvalue weighted by atomic mass is 9.98. The lowest BCUT2D eigenvalue weighted by Gasteiger charge is -2.17. The highest BCUT2D eigenvalue weighted by Gasteiger charge is 2.17. The Morgan fingerprint density at radius 2 is 1.84 bits per heavy atom. The van der Waals surface area contributed by atoms with Gasteiger partial charge in [0.15, 0.2) is 0 Å². The molecule has 8 heteroatoms. The first kappa shape index (κ1) is 21.7. The lowest BCUT2D eigenvalue weighted by Crippen LogP contribution is -2.32. The van der Waals surface area contributed by atoms with Crippen LogP contribution in [0.2, 0.25) is 0 Å². The Bertz CT molecular complexity index is 1060. The molecular weight excluding hydrogens is 399 g/mol. The second-order valence-corrected chi connectivity index (χ2v) is 8.25. The SMILES string of the molecule is Bc1cnc(Nc2cccc(NC(=O)N3CCCC3)c2)nc1NCC(C)c1ccccc1. The molecule has 1 saturated heterocycles. The molecule has 1 atom stereocenters. The number of carbonyl (C=O) groups is 1. The normalized spacial score (nSPS) is 14.1. The summed E-state index contributed by atoms with van der Waals surface area (Å²) in [6.07, 6.45) is 3.95. The molecule has 164 valence electrons. The van der Waals surface area contributed by atoms with Gasteiger partial charge in [0.1, 0.15) is 13.7 Å². The number of amides is 2. The molecule has 0 bridgehead atoms. The molecule has 1 aliphatic rings. The van der Waals surface area contributed by atoms with Gasteiger partial charge in [0.05, 0.1) is 0 Å². The van der Waals surface area contributed by atoms with Gasteiger partial charge < -0.3 is 20.9 Å². The minimum absolute atomic E-state index is 0.0507. The smallest absolute Gasteiger partial charge is 0.321 e. The third-order valence-electron chi connectivity index (χ3n) is 5.68. The van der Waals surface area contributed by atoms with Gasteiger partial charge in [-0.2, -0.15) is 4.98 Å². The van der Waals surface area contributed by atoms with Gasteiger partial charge in [-0.05, 0) is 48.0 Å². The van der Waals surface area contributed by atoms with Gasteiger partial charge in [0.2, 0.25) is 5.95 Å². The van der Waals surface area contributed by atoms with Crippen LogP contribution in [0.15, 0.2) is 60.8 Å². The predicted octanol–water partition coefficient (Wildman–Crippen LogP) is 3.32. The Morgan fingerprint density at radius 3 is 2.62 bits per heavy atom. The molecule has 1 fully saturated rings. The summed E-state index contributed by atoms with van der Waals surface area (Å²) in [5.41, 5.74) is 3.84. The van der Waals surface area contributed by atoms with E-state index >= 15 is 0 Å². The van der Waals surface area contributed by atoms with Crippen LogP contribution in [-0.2, 0) is 0 Å². The van der Waals surface area contributed by atoms with E-state index in [1.807, 2.05) is 49.3 Å². The third kappa shape index (κ3) is 5.57. The number of likely N-dealkylation sites (tertiary alicyclic amines) is 1. The summed E-state index contributed by atoms with van der Waals surface area (Å²) in [6.45, 7) is 4.61. The van der Waals surface area contributed by atoms with Gasteiger partial charge in [-0.15, -0.1) is 0 Å². The van der Waals surface area contributed by atoms with E-state index in [2.05, 4.69) is 57.1 Å². The van der Waals surface area contributed by atoms with Crippen molar-refractivity contribution in [3.8, 4) is 0 Å². The Labute approximate surface area is 190 Å². The molecule has 3 aromatic rings. The average molecular weight is 428 g/mol.